The Morgan fingerprint density at radius 3 is 2.19 bits per heavy atom. The molecule has 8 nitrogen and oxygen atoms in total. The van der Waals surface area contributed by atoms with Crippen molar-refractivity contribution in [3.05, 3.63) is 96.1 Å². The summed E-state index contributed by atoms with van der Waals surface area (Å²) >= 11 is 0. The van der Waals surface area contributed by atoms with Crippen molar-refractivity contribution in [2.75, 3.05) is 20.1 Å². The van der Waals surface area contributed by atoms with Crippen molar-refractivity contribution in [2.24, 2.45) is 5.73 Å². The third-order valence-corrected chi connectivity index (χ3v) is 7.39. The van der Waals surface area contributed by atoms with Gasteiger partial charge in [-0.3, -0.25) is 14.4 Å². The number of hydrogen-bond acceptors (Lipinski definition) is 5. The molecule has 4 N–H and O–H groups in total. The van der Waals surface area contributed by atoms with E-state index in [9.17, 15) is 19.5 Å². The van der Waals surface area contributed by atoms with Crippen LogP contribution in [-0.2, 0) is 27.2 Å². The first-order valence-corrected chi connectivity index (χ1v) is 14.9. The van der Waals surface area contributed by atoms with Crippen LogP contribution in [0.25, 0.3) is 10.8 Å². The first kappa shape index (κ1) is 33.5. The average Bonchev–Trinajstić information content (AvgIpc) is 2.97. The molecule has 0 heterocycles. The summed E-state index contributed by atoms with van der Waals surface area (Å²) in [6, 6.07) is 21.8. The number of benzene rings is 3. The van der Waals surface area contributed by atoms with Gasteiger partial charge in [-0.05, 0) is 62.1 Å². The van der Waals surface area contributed by atoms with Crippen molar-refractivity contribution in [1.82, 2.24) is 15.1 Å². The monoisotopic (exact) mass is 586 g/mol. The Morgan fingerprint density at radius 1 is 0.930 bits per heavy atom. The van der Waals surface area contributed by atoms with Gasteiger partial charge in [-0.1, -0.05) is 78.9 Å². The van der Waals surface area contributed by atoms with Crippen LogP contribution < -0.4 is 11.1 Å². The zero-order valence-corrected chi connectivity index (χ0v) is 26.0. The standard InChI is InChI=1S/C35H46N4O4/c1-6-39(32(41)17-12-20-35(3,4)36)31(23-27-18-19-28-15-10-11-16-29(28)21-27)34(43)38(5)30(33(42)37-24-25(2)40)22-26-13-8-7-9-14-26/h7-19,21,25,30-31,40H,6,20,22-24,36H2,1-5H3,(H,37,42)/t25-,30+,31+/m0/s1. The molecule has 0 saturated carbocycles. The van der Waals surface area contributed by atoms with E-state index >= 15 is 0 Å². The second kappa shape index (κ2) is 15.5. The minimum Gasteiger partial charge on any atom is -0.392 e. The zero-order valence-electron chi connectivity index (χ0n) is 26.0. The number of carbonyl (C=O) groups excluding carboxylic acids is 3. The van der Waals surface area contributed by atoms with Gasteiger partial charge >= 0.3 is 0 Å². The highest BCUT2D eigenvalue weighted by Crippen LogP contribution is 2.21. The van der Waals surface area contributed by atoms with Crippen molar-refractivity contribution in [1.29, 1.82) is 0 Å². The van der Waals surface area contributed by atoms with E-state index in [2.05, 4.69) is 5.32 Å². The highest BCUT2D eigenvalue weighted by atomic mass is 16.3. The van der Waals surface area contributed by atoms with Crippen LogP contribution in [0.15, 0.2) is 84.9 Å². The molecule has 0 saturated heterocycles. The molecular weight excluding hydrogens is 540 g/mol. The summed E-state index contributed by atoms with van der Waals surface area (Å²) < 4.78 is 0. The van der Waals surface area contributed by atoms with Crippen LogP contribution in [0.5, 0.6) is 0 Å². The van der Waals surface area contributed by atoms with Gasteiger partial charge in [0.15, 0.2) is 0 Å². The van der Waals surface area contributed by atoms with Crippen LogP contribution in [-0.4, -0.2) is 76.5 Å². The van der Waals surface area contributed by atoms with Crippen molar-refractivity contribution >= 4 is 28.5 Å². The molecule has 0 fully saturated rings. The molecule has 8 heteroatoms. The third-order valence-electron chi connectivity index (χ3n) is 7.39. The van der Waals surface area contributed by atoms with Crippen LogP contribution in [0.3, 0.4) is 0 Å². The number of aliphatic hydroxyl groups excluding tert-OH is 1. The number of likely N-dealkylation sites (N-methyl/N-ethyl adjacent to an activating group) is 2. The van der Waals surface area contributed by atoms with Crippen molar-refractivity contribution in [3.8, 4) is 0 Å². The molecule has 3 atom stereocenters. The fraction of sp³-hybridized carbons (Fsp3) is 0.400. The number of nitrogens with two attached hydrogens (primary N) is 1. The lowest BCUT2D eigenvalue weighted by molar-refractivity contribution is -0.147. The van der Waals surface area contributed by atoms with Gasteiger partial charge in [0.1, 0.15) is 12.1 Å². The molecule has 3 aromatic carbocycles. The molecule has 3 amide bonds. The SMILES string of the molecule is CCN(C(=O)C=CCC(C)(C)N)[C@H](Cc1ccc2ccccc2c1)C(=O)N(C)[C@H](Cc1ccccc1)C(=O)NC[C@H](C)O. The van der Waals surface area contributed by atoms with Crippen molar-refractivity contribution in [2.45, 2.75) is 70.7 Å². The molecule has 0 radical (unpaired) electrons. The number of rotatable bonds is 14. The minimum absolute atomic E-state index is 0.0640. The van der Waals surface area contributed by atoms with Gasteiger partial charge < -0.3 is 26.0 Å². The minimum atomic E-state index is -0.859. The van der Waals surface area contributed by atoms with Crippen LogP contribution in [0, 0.1) is 0 Å². The smallest absolute Gasteiger partial charge is 0.246 e. The van der Waals surface area contributed by atoms with E-state index in [-0.39, 0.29) is 37.1 Å². The van der Waals surface area contributed by atoms with Gasteiger partial charge in [-0.2, -0.15) is 0 Å². The summed E-state index contributed by atoms with van der Waals surface area (Å²) in [5.41, 5.74) is 7.42. The molecule has 0 aromatic heterocycles. The molecule has 0 aliphatic rings. The maximum Gasteiger partial charge on any atom is 0.246 e. The van der Waals surface area contributed by atoms with Crippen LogP contribution in [0.2, 0.25) is 0 Å². The van der Waals surface area contributed by atoms with E-state index in [0.29, 0.717) is 13.0 Å². The van der Waals surface area contributed by atoms with Crippen molar-refractivity contribution in [3.63, 3.8) is 0 Å². The topological polar surface area (TPSA) is 116 Å². The summed E-state index contributed by atoms with van der Waals surface area (Å²) in [5.74, 6) is -1.01. The number of nitrogens with one attached hydrogen (secondary N) is 1. The molecule has 43 heavy (non-hydrogen) atoms. The number of hydrogen-bond donors (Lipinski definition) is 3. The molecular formula is C35H46N4O4. The Labute approximate surface area is 255 Å². The molecule has 0 aliphatic heterocycles. The number of nitrogens with zero attached hydrogens (tertiary/aromatic N) is 2. The quantitative estimate of drug-likeness (QED) is 0.248. The second-order valence-corrected chi connectivity index (χ2v) is 11.9. The third kappa shape index (κ3) is 10.0. The predicted octanol–water partition coefficient (Wildman–Crippen LogP) is 3.85. The van der Waals surface area contributed by atoms with Gasteiger partial charge in [-0.15, -0.1) is 0 Å². The lowest BCUT2D eigenvalue weighted by atomic mass is 9.98. The van der Waals surface area contributed by atoms with Gasteiger partial charge in [0.05, 0.1) is 6.10 Å². The van der Waals surface area contributed by atoms with E-state index in [4.69, 9.17) is 5.73 Å². The lowest BCUT2D eigenvalue weighted by Gasteiger charge is -2.35. The lowest BCUT2D eigenvalue weighted by Crippen LogP contribution is -2.57. The molecule has 3 aromatic rings. The summed E-state index contributed by atoms with van der Waals surface area (Å²) in [5, 5.41) is 14.7. The Hall–Kier alpha value is -4.01. The van der Waals surface area contributed by atoms with E-state index in [1.165, 1.54) is 11.0 Å². The summed E-state index contributed by atoms with van der Waals surface area (Å²) in [4.78, 5) is 44.3. The summed E-state index contributed by atoms with van der Waals surface area (Å²) in [6.07, 6.45) is 3.55. The first-order chi connectivity index (χ1) is 20.4. The number of aliphatic hydroxyl groups is 1. The van der Waals surface area contributed by atoms with Crippen LogP contribution in [0.1, 0.15) is 45.2 Å². The van der Waals surface area contributed by atoms with Crippen LogP contribution in [0.4, 0.5) is 0 Å². The zero-order chi connectivity index (χ0) is 31.6. The van der Waals surface area contributed by atoms with E-state index < -0.39 is 23.7 Å². The number of fused-ring (bicyclic) bond motifs is 1. The molecule has 3 rings (SSSR count). The highest BCUT2D eigenvalue weighted by Gasteiger charge is 2.35. The maximum atomic E-state index is 14.4. The second-order valence-electron chi connectivity index (χ2n) is 11.9. The Kier molecular flexibility index (Phi) is 12.0. The molecule has 0 unspecified atom stereocenters. The van der Waals surface area contributed by atoms with E-state index in [0.717, 1.165) is 21.9 Å². The Balaban J connectivity index is 1.99. The first-order valence-electron chi connectivity index (χ1n) is 14.9. The Morgan fingerprint density at radius 2 is 1.56 bits per heavy atom. The van der Waals surface area contributed by atoms with E-state index in [1.54, 1.807) is 24.9 Å². The summed E-state index contributed by atoms with van der Waals surface area (Å²) in [7, 11) is 1.61. The van der Waals surface area contributed by atoms with Gasteiger partial charge in [0.2, 0.25) is 17.7 Å². The highest BCUT2D eigenvalue weighted by molar-refractivity contribution is 5.95. The van der Waals surface area contributed by atoms with Gasteiger partial charge in [0, 0.05) is 38.5 Å². The molecule has 0 aliphatic carbocycles. The number of amides is 3. The number of carbonyl (C=O) groups is 3. The fourth-order valence-corrected chi connectivity index (χ4v) is 5.01. The summed E-state index contributed by atoms with van der Waals surface area (Å²) in [6.45, 7) is 7.56. The van der Waals surface area contributed by atoms with E-state index in [1.807, 2.05) is 93.6 Å². The average molecular weight is 587 g/mol. The van der Waals surface area contributed by atoms with Crippen molar-refractivity contribution < 1.29 is 19.5 Å². The maximum absolute atomic E-state index is 14.4. The van der Waals surface area contributed by atoms with Crippen LogP contribution >= 0.6 is 0 Å². The molecule has 0 spiro atoms. The Bertz CT molecular complexity index is 1400. The predicted molar refractivity (Wildman–Crippen MR) is 172 cm³/mol. The van der Waals surface area contributed by atoms with Gasteiger partial charge in [0.25, 0.3) is 0 Å². The normalized spacial score (nSPS) is 13.8. The largest absolute Gasteiger partial charge is 0.392 e. The fourth-order valence-electron chi connectivity index (χ4n) is 5.01. The van der Waals surface area contributed by atoms with Gasteiger partial charge in [-0.25, -0.2) is 0 Å². The molecule has 0 bridgehead atoms. The molecule has 230 valence electrons.